The van der Waals surface area contributed by atoms with E-state index < -0.39 is 0 Å². The molecular formula is C10H10BrNOS. The molecule has 2 nitrogen and oxygen atoms in total. The van der Waals surface area contributed by atoms with Gasteiger partial charge in [-0.3, -0.25) is 0 Å². The van der Waals surface area contributed by atoms with Crippen LogP contribution in [0.3, 0.4) is 0 Å². The third-order valence-electron chi connectivity index (χ3n) is 1.78. The van der Waals surface area contributed by atoms with E-state index in [1.54, 1.807) is 23.5 Å². The largest absolute Gasteiger partial charge is 0.508 e. The summed E-state index contributed by atoms with van der Waals surface area (Å²) in [6.07, 6.45) is 0. The van der Waals surface area contributed by atoms with Gasteiger partial charge in [-0.15, -0.1) is 28.3 Å². The lowest BCUT2D eigenvalue weighted by molar-refractivity contribution is 0.475. The number of benzene rings is 1. The molecule has 0 atom stereocenters. The predicted octanol–water partition coefficient (Wildman–Crippen LogP) is 3.40. The maximum absolute atomic E-state index is 9.09. The van der Waals surface area contributed by atoms with Crippen molar-refractivity contribution in [1.82, 2.24) is 4.98 Å². The number of aromatic hydroxyl groups is 1. The van der Waals surface area contributed by atoms with Crippen molar-refractivity contribution in [1.29, 1.82) is 0 Å². The summed E-state index contributed by atoms with van der Waals surface area (Å²) in [7, 11) is 0. The van der Waals surface area contributed by atoms with Crippen LogP contribution in [0.25, 0.3) is 11.3 Å². The second kappa shape index (κ2) is 4.57. The number of aromatic nitrogens is 1. The summed E-state index contributed by atoms with van der Waals surface area (Å²) in [5.74, 6) is 0.288. The molecule has 1 heterocycles. The molecule has 0 aliphatic heterocycles. The summed E-state index contributed by atoms with van der Waals surface area (Å²) in [6, 6.07) is 7.07. The molecule has 0 saturated heterocycles. The minimum Gasteiger partial charge on any atom is -0.508 e. The summed E-state index contributed by atoms with van der Waals surface area (Å²) >= 11 is 1.63. The Hall–Kier alpha value is -0.870. The third kappa shape index (κ3) is 2.33. The summed E-state index contributed by atoms with van der Waals surface area (Å²) in [5, 5.41) is 12.2. The summed E-state index contributed by atoms with van der Waals surface area (Å²) in [4.78, 5) is 4.35. The average molecular weight is 272 g/mol. The smallest absolute Gasteiger partial charge is 0.115 e. The van der Waals surface area contributed by atoms with Crippen LogP contribution in [0.2, 0.25) is 0 Å². The molecule has 0 amide bonds. The number of rotatable bonds is 1. The van der Waals surface area contributed by atoms with Crippen LogP contribution >= 0.6 is 28.3 Å². The van der Waals surface area contributed by atoms with Gasteiger partial charge in [-0.05, 0) is 31.2 Å². The Balaban J connectivity index is 0.000000980. The van der Waals surface area contributed by atoms with Crippen LogP contribution in [-0.4, -0.2) is 10.1 Å². The van der Waals surface area contributed by atoms with Crippen LogP contribution < -0.4 is 0 Å². The highest BCUT2D eigenvalue weighted by Gasteiger charge is 2.00. The SMILES string of the molecule is Br.Cc1nc(-c2ccc(O)cc2)cs1. The standard InChI is InChI=1S/C10H9NOS.BrH/c1-7-11-10(6-13-7)8-2-4-9(12)5-3-8;/h2-6,12H,1H3;1H. The quantitative estimate of drug-likeness (QED) is 0.863. The normalized spacial score (nSPS) is 9.50. The topological polar surface area (TPSA) is 33.1 Å². The molecule has 0 unspecified atom stereocenters. The molecule has 0 aliphatic rings. The Bertz CT molecular complexity index is 410. The summed E-state index contributed by atoms with van der Waals surface area (Å²) < 4.78 is 0. The second-order valence-corrected chi connectivity index (χ2v) is 3.86. The molecule has 74 valence electrons. The number of phenolic OH excluding ortho intramolecular Hbond substituents is 1. The van der Waals surface area contributed by atoms with Gasteiger partial charge in [-0.2, -0.15) is 0 Å². The van der Waals surface area contributed by atoms with E-state index >= 15 is 0 Å². The molecule has 0 saturated carbocycles. The fraction of sp³-hybridized carbons (Fsp3) is 0.100. The van der Waals surface area contributed by atoms with Gasteiger partial charge in [0, 0.05) is 10.9 Å². The highest BCUT2D eigenvalue weighted by atomic mass is 79.9. The van der Waals surface area contributed by atoms with Crippen LogP contribution in [0.4, 0.5) is 0 Å². The Labute approximate surface area is 97.0 Å². The summed E-state index contributed by atoms with van der Waals surface area (Å²) in [6.45, 7) is 1.98. The lowest BCUT2D eigenvalue weighted by atomic mass is 10.2. The molecule has 1 aromatic carbocycles. The molecule has 1 N–H and O–H groups in total. The van der Waals surface area contributed by atoms with E-state index in [9.17, 15) is 0 Å². The maximum atomic E-state index is 9.09. The molecule has 0 bridgehead atoms. The Morgan fingerprint density at radius 3 is 2.36 bits per heavy atom. The van der Waals surface area contributed by atoms with E-state index in [2.05, 4.69) is 4.98 Å². The Kier molecular flexibility index (Phi) is 3.66. The molecule has 0 radical (unpaired) electrons. The average Bonchev–Trinajstić information content (AvgIpc) is 2.53. The molecule has 14 heavy (non-hydrogen) atoms. The van der Waals surface area contributed by atoms with Gasteiger partial charge in [0.2, 0.25) is 0 Å². The minimum atomic E-state index is 0. The fourth-order valence-corrected chi connectivity index (χ4v) is 1.75. The number of nitrogens with zero attached hydrogens (tertiary/aromatic N) is 1. The first-order valence-electron chi connectivity index (χ1n) is 3.97. The molecule has 1 aromatic heterocycles. The van der Waals surface area contributed by atoms with Crippen molar-refractivity contribution >= 4 is 28.3 Å². The Morgan fingerprint density at radius 2 is 1.86 bits per heavy atom. The van der Waals surface area contributed by atoms with Crippen LogP contribution in [0, 0.1) is 6.92 Å². The number of hydrogen-bond acceptors (Lipinski definition) is 3. The zero-order valence-corrected chi connectivity index (χ0v) is 10.1. The number of phenols is 1. The van der Waals surface area contributed by atoms with E-state index in [1.807, 2.05) is 24.4 Å². The van der Waals surface area contributed by atoms with E-state index in [0.29, 0.717) is 0 Å². The van der Waals surface area contributed by atoms with Gasteiger partial charge >= 0.3 is 0 Å². The van der Waals surface area contributed by atoms with E-state index in [-0.39, 0.29) is 22.7 Å². The minimum absolute atomic E-state index is 0. The van der Waals surface area contributed by atoms with Crippen LogP contribution in [0.5, 0.6) is 5.75 Å². The first-order valence-corrected chi connectivity index (χ1v) is 4.85. The van der Waals surface area contributed by atoms with Gasteiger partial charge in [0.15, 0.2) is 0 Å². The van der Waals surface area contributed by atoms with Crippen molar-refractivity contribution < 1.29 is 5.11 Å². The lowest BCUT2D eigenvalue weighted by Gasteiger charge is -1.95. The van der Waals surface area contributed by atoms with Gasteiger partial charge in [-0.1, -0.05) is 0 Å². The van der Waals surface area contributed by atoms with Crippen LogP contribution in [0.1, 0.15) is 5.01 Å². The number of halogens is 1. The fourth-order valence-electron chi connectivity index (χ4n) is 1.13. The first kappa shape index (κ1) is 11.2. The van der Waals surface area contributed by atoms with Crippen molar-refractivity contribution in [3.05, 3.63) is 34.7 Å². The van der Waals surface area contributed by atoms with Gasteiger partial charge in [-0.25, -0.2) is 4.98 Å². The lowest BCUT2D eigenvalue weighted by Crippen LogP contribution is -1.76. The van der Waals surface area contributed by atoms with E-state index in [0.717, 1.165) is 16.3 Å². The zero-order chi connectivity index (χ0) is 9.26. The van der Waals surface area contributed by atoms with Crippen molar-refractivity contribution in [2.24, 2.45) is 0 Å². The van der Waals surface area contributed by atoms with Crippen molar-refractivity contribution in [3.63, 3.8) is 0 Å². The van der Waals surface area contributed by atoms with Gasteiger partial charge in [0.1, 0.15) is 5.75 Å². The summed E-state index contributed by atoms with van der Waals surface area (Å²) in [5.41, 5.74) is 2.02. The predicted molar refractivity (Wildman–Crippen MR) is 64.3 cm³/mol. The van der Waals surface area contributed by atoms with Crippen LogP contribution in [0.15, 0.2) is 29.6 Å². The molecule has 4 heteroatoms. The highest BCUT2D eigenvalue weighted by Crippen LogP contribution is 2.22. The third-order valence-corrected chi connectivity index (χ3v) is 2.56. The number of aryl methyl sites for hydroxylation is 1. The molecular weight excluding hydrogens is 262 g/mol. The van der Waals surface area contributed by atoms with Crippen LogP contribution in [-0.2, 0) is 0 Å². The van der Waals surface area contributed by atoms with Gasteiger partial charge < -0.3 is 5.11 Å². The molecule has 2 aromatic rings. The maximum Gasteiger partial charge on any atom is 0.115 e. The molecule has 2 rings (SSSR count). The molecule has 0 aliphatic carbocycles. The highest BCUT2D eigenvalue weighted by molar-refractivity contribution is 8.93. The van der Waals surface area contributed by atoms with E-state index in [1.165, 1.54) is 0 Å². The molecule has 0 spiro atoms. The second-order valence-electron chi connectivity index (χ2n) is 2.80. The zero-order valence-electron chi connectivity index (χ0n) is 7.60. The monoisotopic (exact) mass is 271 g/mol. The Morgan fingerprint density at radius 1 is 1.21 bits per heavy atom. The van der Waals surface area contributed by atoms with E-state index in [4.69, 9.17) is 5.11 Å². The van der Waals surface area contributed by atoms with Crippen molar-refractivity contribution in [3.8, 4) is 17.0 Å². The molecule has 0 fully saturated rings. The van der Waals surface area contributed by atoms with Gasteiger partial charge in [0.25, 0.3) is 0 Å². The first-order chi connectivity index (χ1) is 6.25. The number of thiazole rings is 1. The van der Waals surface area contributed by atoms with Crippen molar-refractivity contribution in [2.75, 3.05) is 0 Å². The number of hydrogen-bond donors (Lipinski definition) is 1. The van der Waals surface area contributed by atoms with Gasteiger partial charge in [0.05, 0.1) is 10.7 Å². The van der Waals surface area contributed by atoms with Crippen molar-refractivity contribution in [2.45, 2.75) is 6.92 Å².